The molecule has 0 aliphatic heterocycles. The van der Waals surface area contributed by atoms with Crippen molar-refractivity contribution in [3.05, 3.63) is 42.2 Å². The lowest BCUT2D eigenvalue weighted by Gasteiger charge is -2.11. The highest BCUT2D eigenvalue weighted by atomic mass is 16.3. The lowest BCUT2D eigenvalue weighted by Crippen LogP contribution is -2.07. The number of rotatable bonds is 2. The van der Waals surface area contributed by atoms with Gasteiger partial charge in [-0.25, -0.2) is 0 Å². The predicted molar refractivity (Wildman–Crippen MR) is 63.2 cm³/mol. The zero-order valence-corrected chi connectivity index (χ0v) is 9.27. The molecule has 16 heavy (non-hydrogen) atoms. The molecule has 0 bridgehead atoms. The highest BCUT2D eigenvalue weighted by Gasteiger charge is 2.04. The third-order valence-electron chi connectivity index (χ3n) is 2.38. The van der Waals surface area contributed by atoms with Gasteiger partial charge >= 0.3 is 0 Å². The Morgan fingerprint density at radius 3 is 2.25 bits per heavy atom. The van der Waals surface area contributed by atoms with E-state index in [4.69, 9.17) is 9.68 Å². The van der Waals surface area contributed by atoms with Crippen molar-refractivity contribution in [2.75, 3.05) is 19.0 Å². The Balaban J connectivity index is 2.31. The van der Waals surface area contributed by atoms with Crippen molar-refractivity contribution in [1.29, 1.82) is 5.26 Å². The lowest BCUT2D eigenvalue weighted by atomic mass is 10.1. The van der Waals surface area contributed by atoms with E-state index in [9.17, 15) is 0 Å². The monoisotopic (exact) mass is 212 g/mol. The molecule has 0 amide bonds. The third-order valence-corrected chi connectivity index (χ3v) is 2.38. The first-order valence-corrected chi connectivity index (χ1v) is 4.98. The molecule has 2 rings (SSSR count). The van der Waals surface area contributed by atoms with Crippen molar-refractivity contribution in [3.63, 3.8) is 0 Å². The van der Waals surface area contributed by atoms with Gasteiger partial charge in [0.05, 0.1) is 0 Å². The molecular formula is C13H12N2O. The summed E-state index contributed by atoms with van der Waals surface area (Å²) in [5.41, 5.74) is 2.11. The summed E-state index contributed by atoms with van der Waals surface area (Å²) in [7, 11) is 3.99. The predicted octanol–water partition coefficient (Wildman–Crippen LogP) is 2.88. The summed E-state index contributed by atoms with van der Waals surface area (Å²) in [6.07, 6.45) is 0. The minimum Gasteiger partial charge on any atom is -0.446 e. The normalized spacial score (nSPS) is 9.81. The molecule has 1 aromatic heterocycles. The molecule has 0 fully saturated rings. The van der Waals surface area contributed by atoms with E-state index in [1.165, 1.54) is 0 Å². The summed E-state index contributed by atoms with van der Waals surface area (Å²) in [6.45, 7) is 0. The van der Waals surface area contributed by atoms with Crippen LogP contribution in [0.1, 0.15) is 5.76 Å². The average Bonchev–Trinajstić information content (AvgIpc) is 2.77. The van der Waals surface area contributed by atoms with E-state index < -0.39 is 0 Å². The van der Waals surface area contributed by atoms with E-state index in [-0.39, 0.29) is 0 Å². The highest BCUT2D eigenvalue weighted by molar-refractivity contribution is 5.62. The smallest absolute Gasteiger partial charge is 0.204 e. The van der Waals surface area contributed by atoms with Gasteiger partial charge in [0.25, 0.3) is 0 Å². The van der Waals surface area contributed by atoms with Crippen LogP contribution >= 0.6 is 0 Å². The Morgan fingerprint density at radius 1 is 1.06 bits per heavy atom. The molecule has 0 radical (unpaired) electrons. The van der Waals surface area contributed by atoms with Gasteiger partial charge in [0.1, 0.15) is 11.8 Å². The number of hydrogen-bond acceptors (Lipinski definition) is 3. The Morgan fingerprint density at radius 2 is 1.75 bits per heavy atom. The lowest BCUT2D eigenvalue weighted by molar-refractivity contribution is 0.567. The molecule has 0 saturated heterocycles. The van der Waals surface area contributed by atoms with Crippen molar-refractivity contribution < 1.29 is 4.42 Å². The molecule has 0 aliphatic rings. The summed E-state index contributed by atoms with van der Waals surface area (Å²) in [4.78, 5) is 2.03. The minimum absolute atomic E-state index is 0.340. The molecule has 0 aliphatic carbocycles. The van der Waals surface area contributed by atoms with Crippen molar-refractivity contribution in [3.8, 4) is 17.4 Å². The molecule has 2 aromatic rings. The highest BCUT2D eigenvalue weighted by Crippen LogP contribution is 2.24. The maximum Gasteiger partial charge on any atom is 0.204 e. The summed E-state index contributed by atoms with van der Waals surface area (Å²) >= 11 is 0. The molecular weight excluding hydrogens is 200 g/mol. The van der Waals surface area contributed by atoms with Gasteiger partial charge < -0.3 is 9.32 Å². The van der Waals surface area contributed by atoms with Crippen molar-refractivity contribution in [2.45, 2.75) is 0 Å². The first-order valence-electron chi connectivity index (χ1n) is 4.98. The second kappa shape index (κ2) is 4.11. The molecule has 0 saturated carbocycles. The molecule has 0 atom stereocenters. The molecule has 1 aromatic carbocycles. The number of nitrogens with zero attached hydrogens (tertiary/aromatic N) is 2. The number of anilines is 1. The largest absolute Gasteiger partial charge is 0.446 e. The second-order valence-corrected chi connectivity index (χ2v) is 3.72. The summed E-state index contributed by atoms with van der Waals surface area (Å²) in [6, 6.07) is 13.5. The molecule has 80 valence electrons. The van der Waals surface area contributed by atoms with Crippen LogP contribution in [0.3, 0.4) is 0 Å². The zero-order chi connectivity index (χ0) is 11.5. The maximum atomic E-state index is 8.66. The van der Waals surface area contributed by atoms with Gasteiger partial charge in [0, 0.05) is 25.3 Å². The molecule has 1 heterocycles. The van der Waals surface area contributed by atoms with E-state index in [2.05, 4.69) is 0 Å². The Bertz CT molecular complexity index is 518. The van der Waals surface area contributed by atoms with E-state index in [1.54, 1.807) is 6.07 Å². The van der Waals surface area contributed by atoms with Gasteiger partial charge in [-0.15, -0.1) is 0 Å². The first kappa shape index (κ1) is 10.3. The topological polar surface area (TPSA) is 40.2 Å². The summed E-state index contributed by atoms with van der Waals surface area (Å²) in [5, 5.41) is 8.66. The van der Waals surface area contributed by atoms with Crippen molar-refractivity contribution >= 4 is 5.69 Å². The third kappa shape index (κ3) is 1.91. The van der Waals surface area contributed by atoms with E-state index >= 15 is 0 Å². The Hall–Kier alpha value is -2.21. The van der Waals surface area contributed by atoms with Gasteiger partial charge in [-0.1, -0.05) is 0 Å². The standard InChI is InChI=1S/C13H12N2O/c1-15(2)11-5-3-10(4-6-11)13-8-7-12(9-14)16-13/h3-8H,1-2H3. The fraction of sp³-hybridized carbons (Fsp3) is 0.154. The first-order chi connectivity index (χ1) is 7.70. The van der Waals surface area contributed by atoms with Crippen molar-refractivity contribution in [1.82, 2.24) is 0 Å². The van der Waals surface area contributed by atoms with Crippen LogP contribution in [-0.4, -0.2) is 14.1 Å². The van der Waals surface area contributed by atoms with Crippen LogP contribution in [0.4, 0.5) is 5.69 Å². The van der Waals surface area contributed by atoms with E-state index in [0.29, 0.717) is 5.76 Å². The Labute approximate surface area is 94.5 Å². The van der Waals surface area contributed by atoms with Crippen LogP contribution in [-0.2, 0) is 0 Å². The second-order valence-electron chi connectivity index (χ2n) is 3.72. The van der Waals surface area contributed by atoms with Gasteiger partial charge in [-0.3, -0.25) is 0 Å². The summed E-state index contributed by atoms with van der Waals surface area (Å²) < 4.78 is 5.34. The van der Waals surface area contributed by atoms with E-state index in [1.807, 2.05) is 55.4 Å². The maximum absolute atomic E-state index is 8.66. The fourth-order valence-corrected chi connectivity index (χ4v) is 1.48. The number of furan rings is 1. The van der Waals surface area contributed by atoms with Crippen LogP contribution in [0.25, 0.3) is 11.3 Å². The van der Waals surface area contributed by atoms with Gasteiger partial charge in [0.15, 0.2) is 0 Å². The van der Waals surface area contributed by atoms with Gasteiger partial charge in [0.2, 0.25) is 5.76 Å². The molecule has 0 unspecified atom stereocenters. The minimum atomic E-state index is 0.340. The number of benzene rings is 1. The van der Waals surface area contributed by atoms with Crippen LogP contribution in [0.5, 0.6) is 0 Å². The van der Waals surface area contributed by atoms with E-state index in [0.717, 1.165) is 17.0 Å². The average molecular weight is 212 g/mol. The van der Waals surface area contributed by atoms with Gasteiger partial charge in [-0.2, -0.15) is 5.26 Å². The fourth-order valence-electron chi connectivity index (χ4n) is 1.48. The van der Waals surface area contributed by atoms with Crippen LogP contribution in [0.15, 0.2) is 40.8 Å². The SMILES string of the molecule is CN(C)c1ccc(-c2ccc(C#N)o2)cc1. The molecule has 3 nitrogen and oxygen atoms in total. The van der Waals surface area contributed by atoms with Crippen LogP contribution < -0.4 is 4.90 Å². The molecule has 0 spiro atoms. The Kier molecular flexibility index (Phi) is 2.65. The quantitative estimate of drug-likeness (QED) is 0.768. The number of hydrogen-bond donors (Lipinski definition) is 0. The summed E-state index contributed by atoms with van der Waals surface area (Å²) in [5.74, 6) is 1.06. The zero-order valence-electron chi connectivity index (χ0n) is 9.27. The molecule has 0 N–H and O–H groups in total. The van der Waals surface area contributed by atoms with Crippen LogP contribution in [0.2, 0.25) is 0 Å². The van der Waals surface area contributed by atoms with Crippen LogP contribution in [0, 0.1) is 11.3 Å². The molecule has 3 heteroatoms. The number of nitriles is 1. The van der Waals surface area contributed by atoms with Crippen molar-refractivity contribution in [2.24, 2.45) is 0 Å². The van der Waals surface area contributed by atoms with Gasteiger partial charge in [-0.05, 0) is 36.4 Å².